The number of rotatable bonds is 5. The lowest BCUT2D eigenvalue weighted by Crippen LogP contribution is -2.18. The first-order valence-corrected chi connectivity index (χ1v) is 6.79. The van der Waals surface area contributed by atoms with Crippen LogP contribution in [-0.2, 0) is 6.54 Å². The molecule has 2 rings (SSSR count). The van der Waals surface area contributed by atoms with Crippen LogP contribution in [0.1, 0.15) is 24.1 Å². The zero-order valence-electron chi connectivity index (χ0n) is 11.5. The van der Waals surface area contributed by atoms with Gasteiger partial charge in [0.05, 0.1) is 7.11 Å². The molecular formula is C16H17ClFNO. The molecular weight excluding hydrogens is 277 g/mol. The van der Waals surface area contributed by atoms with Crippen molar-refractivity contribution < 1.29 is 9.13 Å². The minimum absolute atomic E-state index is 0.145. The molecule has 0 heterocycles. The molecule has 0 amide bonds. The minimum atomic E-state index is -0.320. The predicted molar refractivity (Wildman–Crippen MR) is 79.7 cm³/mol. The highest BCUT2D eigenvalue weighted by Crippen LogP contribution is 2.21. The molecule has 1 N–H and O–H groups in total. The molecule has 0 aliphatic rings. The summed E-state index contributed by atoms with van der Waals surface area (Å²) >= 11 is 6.01. The fraction of sp³-hybridized carbons (Fsp3) is 0.250. The summed E-state index contributed by atoms with van der Waals surface area (Å²) in [5.74, 6) is 0.510. The largest absolute Gasteiger partial charge is 0.497 e. The Kier molecular flexibility index (Phi) is 4.99. The molecule has 0 aliphatic carbocycles. The smallest absolute Gasteiger partial charge is 0.124 e. The summed E-state index contributed by atoms with van der Waals surface area (Å²) in [4.78, 5) is 0. The van der Waals surface area contributed by atoms with Gasteiger partial charge in [0.15, 0.2) is 0 Å². The SMILES string of the molecule is COc1cccc(C(C)NCc2ccc(F)cc2Cl)c1. The molecule has 1 unspecified atom stereocenters. The van der Waals surface area contributed by atoms with Gasteiger partial charge in [-0.25, -0.2) is 4.39 Å². The Hall–Kier alpha value is -1.58. The third-order valence-corrected chi connectivity index (χ3v) is 3.56. The Balaban J connectivity index is 2.02. The molecule has 0 aromatic heterocycles. The Labute approximate surface area is 123 Å². The van der Waals surface area contributed by atoms with Crippen LogP contribution >= 0.6 is 11.6 Å². The van der Waals surface area contributed by atoms with Gasteiger partial charge in [-0.1, -0.05) is 29.8 Å². The second-order valence-corrected chi connectivity index (χ2v) is 5.02. The van der Waals surface area contributed by atoms with E-state index in [0.717, 1.165) is 16.9 Å². The highest BCUT2D eigenvalue weighted by molar-refractivity contribution is 6.31. The molecule has 0 saturated heterocycles. The van der Waals surface area contributed by atoms with E-state index in [1.165, 1.54) is 12.1 Å². The molecule has 0 saturated carbocycles. The van der Waals surface area contributed by atoms with Gasteiger partial charge in [-0.15, -0.1) is 0 Å². The number of nitrogens with one attached hydrogen (secondary N) is 1. The number of halogens is 2. The van der Waals surface area contributed by atoms with Gasteiger partial charge < -0.3 is 10.1 Å². The molecule has 106 valence electrons. The third kappa shape index (κ3) is 3.71. The highest BCUT2D eigenvalue weighted by atomic mass is 35.5. The van der Waals surface area contributed by atoms with E-state index in [2.05, 4.69) is 12.2 Å². The lowest BCUT2D eigenvalue weighted by atomic mass is 10.1. The molecule has 20 heavy (non-hydrogen) atoms. The molecule has 4 heteroatoms. The lowest BCUT2D eigenvalue weighted by Gasteiger charge is -2.15. The number of methoxy groups -OCH3 is 1. The van der Waals surface area contributed by atoms with E-state index >= 15 is 0 Å². The van der Waals surface area contributed by atoms with Crippen molar-refractivity contribution in [3.63, 3.8) is 0 Å². The first kappa shape index (κ1) is 14.8. The number of ether oxygens (including phenoxy) is 1. The molecule has 0 fully saturated rings. The van der Waals surface area contributed by atoms with Crippen LogP contribution in [0.3, 0.4) is 0 Å². The number of hydrogen-bond donors (Lipinski definition) is 1. The summed E-state index contributed by atoms with van der Waals surface area (Å²) in [5.41, 5.74) is 2.00. The van der Waals surface area contributed by atoms with Crippen molar-refractivity contribution in [1.29, 1.82) is 0 Å². The first-order chi connectivity index (χ1) is 9.60. The number of hydrogen-bond acceptors (Lipinski definition) is 2. The molecule has 0 bridgehead atoms. The Morgan fingerprint density at radius 2 is 2.05 bits per heavy atom. The summed E-state index contributed by atoms with van der Waals surface area (Å²) in [6.07, 6.45) is 0. The Morgan fingerprint density at radius 1 is 1.25 bits per heavy atom. The standard InChI is InChI=1S/C16H17ClFNO/c1-11(12-4-3-5-15(8-12)20-2)19-10-13-6-7-14(18)9-16(13)17/h3-9,11,19H,10H2,1-2H3. The molecule has 2 aromatic carbocycles. The zero-order chi connectivity index (χ0) is 14.5. The van der Waals surface area contributed by atoms with E-state index in [9.17, 15) is 4.39 Å². The van der Waals surface area contributed by atoms with Gasteiger partial charge in [0.1, 0.15) is 11.6 Å². The van der Waals surface area contributed by atoms with Crippen molar-refractivity contribution in [1.82, 2.24) is 5.32 Å². The summed E-state index contributed by atoms with van der Waals surface area (Å²) in [7, 11) is 1.65. The summed E-state index contributed by atoms with van der Waals surface area (Å²) in [6, 6.07) is 12.5. The van der Waals surface area contributed by atoms with Gasteiger partial charge in [0.2, 0.25) is 0 Å². The van der Waals surface area contributed by atoms with Crippen LogP contribution in [0, 0.1) is 5.82 Å². The molecule has 2 nitrogen and oxygen atoms in total. The van der Waals surface area contributed by atoms with Crippen molar-refractivity contribution in [2.75, 3.05) is 7.11 Å². The monoisotopic (exact) mass is 293 g/mol. The average molecular weight is 294 g/mol. The van der Waals surface area contributed by atoms with Crippen LogP contribution in [0.2, 0.25) is 5.02 Å². The Morgan fingerprint density at radius 3 is 2.75 bits per heavy atom. The molecule has 2 aromatic rings. The quantitative estimate of drug-likeness (QED) is 0.885. The van der Waals surface area contributed by atoms with Crippen molar-refractivity contribution in [3.8, 4) is 5.75 Å². The van der Waals surface area contributed by atoms with Gasteiger partial charge in [-0.3, -0.25) is 0 Å². The van der Waals surface area contributed by atoms with Crippen LogP contribution in [0.5, 0.6) is 5.75 Å². The van der Waals surface area contributed by atoms with Crippen LogP contribution < -0.4 is 10.1 Å². The van der Waals surface area contributed by atoms with Crippen molar-refractivity contribution in [2.24, 2.45) is 0 Å². The van der Waals surface area contributed by atoms with Gasteiger partial charge in [-0.2, -0.15) is 0 Å². The minimum Gasteiger partial charge on any atom is -0.497 e. The van der Waals surface area contributed by atoms with Gasteiger partial charge in [0, 0.05) is 17.6 Å². The van der Waals surface area contributed by atoms with Crippen molar-refractivity contribution in [2.45, 2.75) is 19.5 Å². The van der Waals surface area contributed by atoms with E-state index in [1.807, 2.05) is 24.3 Å². The van der Waals surface area contributed by atoms with E-state index in [4.69, 9.17) is 16.3 Å². The second-order valence-electron chi connectivity index (χ2n) is 4.61. The average Bonchev–Trinajstić information content (AvgIpc) is 2.46. The van der Waals surface area contributed by atoms with Crippen molar-refractivity contribution >= 4 is 11.6 Å². The predicted octanol–water partition coefficient (Wildman–Crippen LogP) is 4.34. The number of benzene rings is 2. The second kappa shape index (κ2) is 6.73. The van der Waals surface area contributed by atoms with Crippen LogP contribution in [0.25, 0.3) is 0 Å². The van der Waals surface area contributed by atoms with Crippen LogP contribution in [0.4, 0.5) is 4.39 Å². The fourth-order valence-electron chi connectivity index (χ4n) is 1.96. The zero-order valence-corrected chi connectivity index (χ0v) is 12.2. The van der Waals surface area contributed by atoms with Crippen molar-refractivity contribution in [3.05, 3.63) is 64.4 Å². The van der Waals surface area contributed by atoms with E-state index < -0.39 is 0 Å². The normalized spacial score (nSPS) is 12.2. The maximum absolute atomic E-state index is 13.0. The lowest BCUT2D eigenvalue weighted by molar-refractivity contribution is 0.413. The fourth-order valence-corrected chi connectivity index (χ4v) is 2.19. The Bertz CT molecular complexity index is 588. The topological polar surface area (TPSA) is 21.3 Å². The maximum Gasteiger partial charge on any atom is 0.124 e. The first-order valence-electron chi connectivity index (χ1n) is 6.41. The summed E-state index contributed by atoms with van der Waals surface area (Å²) in [6.45, 7) is 2.64. The van der Waals surface area contributed by atoms with E-state index in [1.54, 1.807) is 13.2 Å². The molecule has 0 spiro atoms. The third-order valence-electron chi connectivity index (χ3n) is 3.21. The van der Waals surface area contributed by atoms with Gasteiger partial charge in [0.25, 0.3) is 0 Å². The van der Waals surface area contributed by atoms with E-state index in [0.29, 0.717) is 11.6 Å². The maximum atomic E-state index is 13.0. The molecule has 0 aliphatic heterocycles. The highest BCUT2D eigenvalue weighted by Gasteiger charge is 2.08. The molecule has 0 radical (unpaired) electrons. The van der Waals surface area contributed by atoms with E-state index in [-0.39, 0.29) is 11.9 Å². The molecule has 1 atom stereocenters. The van der Waals surface area contributed by atoms with Crippen LogP contribution in [0.15, 0.2) is 42.5 Å². The summed E-state index contributed by atoms with van der Waals surface area (Å²) < 4.78 is 18.2. The van der Waals surface area contributed by atoms with Crippen LogP contribution in [-0.4, -0.2) is 7.11 Å². The van der Waals surface area contributed by atoms with Gasteiger partial charge in [-0.05, 0) is 42.3 Å². The summed E-state index contributed by atoms with van der Waals surface area (Å²) in [5, 5.41) is 3.80. The van der Waals surface area contributed by atoms with Gasteiger partial charge >= 0.3 is 0 Å².